The Kier molecular flexibility index (Phi) is 3.03. The third-order valence-corrected chi connectivity index (χ3v) is 4.65. The summed E-state index contributed by atoms with van der Waals surface area (Å²) in [4.78, 5) is 0. The molecule has 0 aromatic heterocycles. The molecule has 3 heteroatoms. The Morgan fingerprint density at radius 1 is 1.33 bits per heavy atom. The molecule has 1 fully saturated rings. The summed E-state index contributed by atoms with van der Waals surface area (Å²) in [6, 6.07) is 2.28. The van der Waals surface area contributed by atoms with E-state index in [0.717, 1.165) is 42.9 Å². The summed E-state index contributed by atoms with van der Waals surface area (Å²) in [6.45, 7) is 0. The van der Waals surface area contributed by atoms with E-state index in [-0.39, 0.29) is 5.54 Å². The van der Waals surface area contributed by atoms with Crippen molar-refractivity contribution in [1.82, 2.24) is 0 Å². The van der Waals surface area contributed by atoms with Gasteiger partial charge in [-0.2, -0.15) is 0 Å². The van der Waals surface area contributed by atoms with Gasteiger partial charge in [-0.05, 0) is 61.6 Å². The Labute approximate surface area is 113 Å². The molecular formula is C15H20ClNO. The fraction of sp³-hybridized carbons (Fsp3) is 0.600. The lowest BCUT2D eigenvalue weighted by Gasteiger charge is -2.22. The standard InChI is InChI=1S/C15H20ClNO/c1-18-14-11(9-15(17)6-7-15)8-10-4-2-3-5-12(10)13(14)16/h8H,2-7,9,17H2,1H3. The molecule has 0 radical (unpaired) electrons. The molecule has 1 saturated carbocycles. The molecule has 2 nitrogen and oxygen atoms in total. The number of methoxy groups -OCH3 is 1. The van der Waals surface area contributed by atoms with E-state index in [2.05, 4.69) is 6.07 Å². The van der Waals surface area contributed by atoms with Gasteiger partial charge in [-0.3, -0.25) is 0 Å². The Bertz CT molecular complexity index is 480. The Morgan fingerprint density at radius 3 is 2.72 bits per heavy atom. The molecule has 2 aliphatic carbocycles. The van der Waals surface area contributed by atoms with Crippen molar-refractivity contribution in [2.45, 2.75) is 50.5 Å². The largest absolute Gasteiger partial charge is 0.495 e. The lowest BCUT2D eigenvalue weighted by atomic mass is 9.88. The Balaban J connectivity index is 2.03. The van der Waals surface area contributed by atoms with Gasteiger partial charge in [0.25, 0.3) is 0 Å². The summed E-state index contributed by atoms with van der Waals surface area (Å²) in [5.74, 6) is 0.856. The molecule has 3 rings (SSSR count). The molecule has 0 spiro atoms. The van der Waals surface area contributed by atoms with Crippen molar-refractivity contribution in [3.8, 4) is 5.75 Å². The number of fused-ring (bicyclic) bond motifs is 1. The highest BCUT2D eigenvalue weighted by Gasteiger charge is 2.39. The number of hydrogen-bond acceptors (Lipinski definition) is 2. The monoisotopic (exact) mass is 265 g/mol. The minimum Gasteiger partial charge on any atom is -0.495 e. The smallest absolute Gasteiger partial charge is 0.141 e. The zero-order chi connectivity index (χ0) is 12.8. The van der Waals surface area contributed by atoms with Crippen molar-refractivity contribution in [2.75, 3.05) is 7.11 Å². The van der Waals surface area contributed by atoms with E-state index < -0.39 is 0 Å². The zero-order valence-electron chi connectivity index (χ0n) is 10.9. The zero-order valence-corrected chi connectivity index (χ0v) is 11.6. The number of ether oxygens (including phenoxy) is 1. The van der Waals surface area contributed by atoms with Gasteiger partial charge in [0, 0.05) is 5.54 Å². The van der Waals surface area contributed by atoms with E-state index in [1.54, 1.807) is 7.11 Å². The molecule has 1 aromatic rings. The van der Waals surface area contributed by atoms with Crippen molar-refractivity contribution in [3.05, 3.63) is 27.8 Å². The van der Waals surface area contributed by atoms with Gasteiger partial charge in [0.15, 0.2) is 0 Å². The molecule has 0 bridgehead atoms. The van der Waals surface area contributed by atoms with E-state index in [1.807, 2.05) is 0 Å². The Morgan fingerprint density at radius 2 is 2.06 bits per heavy atom. The summed E-state index contributed by atoms with van der Waals surface area (Å²) in [6.07, 6.45) is 7.85. The SMILES string of the molecule is COc1c(CC2(N)CC2)cc2c(c1Cl)CCCC2. The molecule has 1 aromatic carbocycles. The maximum absolute atomic E-state index is 6.52. The number of benzene rings is 1. The lowest BCUT2D eigenvalue weighted by Crippen LogP contribution is -2.25. The number of hydrogen-bond donors (Lipinski definition) is 1. The number of halogens is 1. The average Bonchev–Trinajstić information content (AvgIpc) is 3.07. The predicted molar refractivity (Wildman–Crippen MR) is 74.5 cm³/mol. The summed E-state index contributed by atoms with van der Waals surface area (Å²) in [5, 5.41) is 0.828. The van der Waals surface area contributed by atoms with E-state index in [9.17, 15) is 0 Å². The van der Waals surface area contributed by atoms with E-state index in [0.29, 0.717) is 0 Å². The van der Waals surface area contributed by atoms with Crippen LogP contribution in [0, 0.1) is 0 Å². The van der Waals surface area contributed by atoms with Gasteiger partial charge in [0.05, 0.1) is 12.1 Å². The second-order valence-corrected chi connectivity index (χ2v) is 6.14. The highest BCUT2D eigenvalue weighted by atomic mass is 35.5. The van der Waals surface area contributed by atoms with Crippen molar-refractivity contribution in [2.24, 2.45) is 5.73 Å². The van der Waals surface area contributed by atoms with Crippen LogP contribution in [-0.4, -0.2) is 12.6 Å². The molecule has 0 amide bonds. The van der Waals surface area contributed by atoms with Gasteiger partial charge in [-0.25, -0.2) is 0 Å². The molecule has 0 aliphatic heterocycles. The van der Waals surface area contributed by atoms with Crippen LogP contribution in [0.15, 0.2) is 6.07 Å². The molecular weight excluding hydrogens is 246 g/mol. The topological polar surface area (TPSA) is 35.2 Å². The van der Waals surface area contributed by atoms with Crippen molar-refractivity contribution in [1.29, 1.82) is 0 Å². The van der Waals surface area contributed by atoms with Gasteiger partial charge in [-0.1, -0.05) is 17.7 Å². The quantitative estimate of drug-likeness (QED) is 0.911. The van der Waals surface area contributed by atoms with Gasteiger partial charge >= 0.3 is 0 Å². The van der Waals surface area contributed by atoms with Crippen LogP contribution >= 0.6 is 11.6 Å². The van der Waals surface area contributed by atoms with Crippen molar-refractivity contribution < 1.29 is 4.74 Å². The van der Waals surface area contributed by atoms with E-state index >= 15 is 0 Å². The fourth-order valence-electron chi connectivity index (χ4n) is 2.96. The maximum Gasteiger partial charge on any atom is 0.141 e. The minimum atomic E-state index is -0.000484. The molecule has 98 valence electrons. The van der Waals surface area contributed by atoms with Crippen molar-refractivity contribution in [3.63, 3.8) is 0 Å². The van der Waals surface area contributed by atoms with E-state index in [1.165, 1.54) is 29.5 Å². The molecule has 18 heavy (non-hydrogen) atoms. The minimum absolute atomic E-state index is 0.000484. The summed E-state index contributed by atoms with van der Waals surface area (Å²) >= 11 is 6.52. The highest BCUT2D eigenvalue weighted by molar-refractivity contribution is 6.33. The number of nitrogens with two attached hydrogens (primary N) is 1. The third-order valence-electron chi connectivity index (χ3n) is 4.25. The lowest BCUT2D eigenvalue weighted by molar-refractivity contribution is 0.406. The van der Waals surface area contributed by atoms with Crippen LogP contribution in [0.4, 0.5) is 0 Å². The van der Waals surface area contributed by atoms with Crippen molar-refractivity contribution >= 4 is 11.6 Å². The van der Waals surface area contributed by atoms with Crippen LogP contribution in [0.3, 0.4) is 0 Å². The van der Waals surface area contributed by atoms with Crippen LogP contribution in [0.1, 0.15) is 42.4 Å². The third kappa shape index (κ3) is 2.12. The average molecular weight is 266 g/mol. The first-order valence-corrected chi connectivity index (χ1v) is 7.17. The number of rotatable bonds is 3. The molecule has 2 N–H and O–H groups in total. The molecule has 0 saturated heterocycles. The molecule has 2 aliphatic rings. The first-order valence-electron chi connectivity index (χ1n) is 6.79. The van der Waals surface area contributed by atoms with Crippen LogP contribution in [0.5, 0.6) is 5.75 Å². The molecule has 0 unspecified atom stereocenters. The highest BCUT2D eigenvalue weighted by Crippen LogP contribution is 2.43. The summed E-state index contributed by atoms with van der Waals surface area (Å²) < 4.78 is 5.53. The van der Waals surface area contributed by atoms with Gasteiger partial charge < -0.3 is 10.5 Å². The number of aryl methyl sites for hydroxylation is 1. The van der Waals surface area contributed by atoms with Crippen LogP contribution in [-0.2, 0) is 19.3 Å². The second-order valence-electron chi connectivity index (χ2n) is 5.77. The van der Waals surface area contributed by atoms with Gasteiger partial charge in [0.1, 0.15) is 5.75 Å². The van der Waals surface area contributed by atoms with Crippen LogP contribution < -0.4 is 10.5 Å². The summed E-state index contributed by atoms with van der Waals surface area (Å²) in [5.41, 5.74) is 10.1. The van der Waals surface area contributed by atoms with Gasteiger partial charge in [0.2, 0.25) is 0 Å². The van der Waals surface area contributed by atoms with Gasteiger partial charge in [-0.15, -0.1) is 0 Å². The first kappa shape index (κ1) is 12.3. The van der Waals surface area contributed by atoms with E-state index in [4.69, 9.17) is 22.1 Å². The predicted octanol–water partition coefficient (Wildman–Crippen LogP) is 3.26. The fourth-order valence-corrected chi connectivity index (χ4v) is 3.38. The first-order chi connectivity index (χ1) is 8.63. The van der Waals surface area contributed by atoms with Crippen LogP contribution in [0.2, 0.25) is 5.02 Å². The second kappa shape index (κ2) is 4.43. The summed E-state index contributed by atoms with van der Waals surface area (Å²) in [7, 11) is 1.70. The Hall–Kier alpha value is -0.730. The normalized spacial score (nSPS) is 20.4. The maximum atomic E-state index is 6.52. The molecule has 0 atom stereocenters. The molecule has 0 heterocycles. The van der Waals surface area contributed by atoms with Crippen LogP contribution in [0.25, 0.3) is 0 Å².